The van der Waals surface area contributed by atoms with Gasteiger partial charge < -0.3 is 10.0 Å². The smallest absolute Gasteiger partial charge is 0.354 e. The van der Waals surface area contributed by atoms with Crippen LogP contribution in [0.2, 0.25) is 0 Å². The molecule has 0 fully saturated rings. The summed E-state index contributed by atoms with van der Waals surface area (Å²) in [5.74, 6) is -0.664. The minimum atomic E-state index is -0.996. The molecular weight excluding hydrogens is 180 g/mol. The van der Waals surface area contributed by atoms with Gasteiger partial charge in [-0.25, -0.2) is 9.79 Å². The molecule has 0 saturated carbocycles. The van der Waals surface area contributed by atoms with Crippen molar-refractivity contribution in [2.24, 2.45) is 10.9 Å². The lowest BCUT2D eigenvalue weighted by molar-refractivity contribution is -0.132. The molecule has 0 aromatic carbocycles. The Hall–Kier alpha value is -1.84. The van der Waals surface area contributed by atoms with Crippen LogP contribution < -0.4 is 0 Å². The van der Waals surface area contributed by atoms with Crippen molar-refractivity contribution in [3.8, 4) is 0 Å². The number of aliphatic imine (C=N–C) groups is 1. The first-order valence-electron chi connectivity index (χ1n) is 4.34. The van der Waals surface area contributed by atoms with Gasteiger partial charge in [0.25, 0.3) is 0 Å². The van der Waals surface area contributed by atoms with Crippen LogP contribution >= 0.6 is 0 Å². The van der Waals surface area contributed by atoms with Gasteiger partial charge in [0.05, 0.1) is 0 Å². The number of rotatable bonds is 1. The predicted molar refractivity (Wildman–Crippen MR) is 52.4 cm³/mol. The van der Waals surface area contributed by atoms with E-state index in [1.165, 1.54) is 6.34 Å². The predicted octanol–water partition coefficient (Wildman–Crippen LogP) is 1.35. The van der Waals surface area contributed by atoms with Crippen LogP contribution in [0.3, 0.4) is 0 Å². The number of nitrogens with zero attached hydrogens (tertiary/aromatic N) is 2. The van der Waals surface area contributed by atoms with Crippen LogP contribution in [-0.2, 0) is 4.79 Å². The molecule has 2 heterocycles. The van der Waals surface area contributed by atoms with Crippen molar-refractivity contribution in [3.05, 3.63) is 35.8 Å². The maximum atomic E-state index is 10.7. The summed E-state index contributed by atoms with van der Waals surface area (Å²) < 4.78 is 0. The van der Waals surface area contributed by atoms with E-state index in [0.29, 0.717) is 5.92 Å². The largest absolute Gasteiger partial charge is 0.477 e. The SMILES string of the molecule is CC1C=CN2C=NC(C(=O)O)=CC2=C1. The van der Waals surface area contributed by atoms with Crippen molar-refractivity contribution >= 4 is 12.3 Å². The summed E-state index contributed by atoms with van der Waals surface area (Å²) in [4.78, 5) is 16.3. The molecule has 0 aliphatic carbocycles. The molecule has 1 atom stereocenters. The van der Waals surface area contributed by atoms with E-state index in [4.69, 9.17) is 5.11 Å². The molecule has 2 aliphatic rings. The minimum Gasteiger partial charge on any atom is -0.477 e. The fraction of sp³-hybridized carbons (Fsp3) is 0.200. The lowest BCUT2D eigenvalue weighted by Gasteiger charge is -2.24. The van der Waals surface area contributed by atoms with Gasteiger partial charge in [-0.15, -0.1) is 0 Å². The Morgan fingerprint density at radius 1 is 1.64 bits per heavy atom. The maximum Gasteiger partial charge on any atom is 0.354 e. The van der Waals surface area contributed by atoms with Gasteiger partial charge in [0.2, 0.25) is 0 Å². The second-order valence-electron chi connectivity index (χ2n) is 3.28. The Morgan fingerprint density at radius 3 is 3.14 bits per heavy atom. The van der Waals surface area contributed by atoms with E-state index in [1.54, 1.807) is 11.0 Å². The summed E-state index contributed by atoms with van der Waals surface area (Å²) in [5.41, 5.74) is 0.947. The lowest BCUT2D eigenvalue weighted by Crippen LogP contribution is -2.21. The zero-order valence-corrected chi connectivity index (χ0v) is 7.71. The van der Waals surface area contributed by atoms with Crippen LogP contribution in [0.15, 0.2) is 40.8 Å². The Balaban J connectivity index is 2.33. The van der Waals surface area contributed by atoms with Crippen molar-refractivity contribution in [1.82, 2.24) is 4.90 Å². The van der Waals surface area contributed by atoms with Crippen LogP contribution in [0.4, 0.5) is 0 Å². The highest BCUT2D eigenvalue weighted by atomic mass is 16.4. The average molecular weight is 190 g/mol. The van der Waals surface area contributed by atoms with Gasteiger partial charge >= 0.3 is 5.97 Å². The number of carboxylic acid groups (broad SMARTS) is 1. The first kappa shape index (κ1) is 8.74. The molecule has 4 nitrogen and oxygen atoms in total. The Labute approximate surface area is 81.6 Å². The van der Waals surface area contributed by atoms with E-state index in [-0.39, 0.29) is 5.70 Å². The van der Waals surface area contributed by atoms with Crippen molar-refractivity contribution < 1.29 is 9.90 Å². The molecule has 14 heavy (non-hydrogen) atoms. The van der Waals surface area contributed by atoms with Crippen molar-refractivity contribution in [2.45, 2.75) is 6.92 Å². The number of hydrogen-bond acceptors (Lipinski definition) is 3. The third-order valence-electron chi connectivity index (χ3n) is 2.11. The first-order chi connectivity index (χ1) is 6.66. The van der Waals surface area contributed by atoms with Crippen LogP contribution in [-0.4, -0.2) is 22.3 Å². The molecule has 72 valence electrons. The molecule has 1 unspecified atom stereocenters. The molecule has 0 radical (unpaired) electrons. The Morgan fingerprint density at radius 2 is 2.43 bits per heavy atom. The normalized spacial score (nSPS) is 24.1. The Kier molecular flexibility index (Phi) is 1.96. The maximum absolute atomic E-state index is 10.7. The third-order valence-corrected chi connectivity index (χ3v) is 2.11. The number of hydrogen-bond donors (Lipinski definition) is 1. The van der Waals surface area contributed by atoms with Gasteiger partial charge in [0.15, 0.2) is 5.70 Å². The molecule has 0 aromatic heterocycles. The first-order valence-corrected chi connectivity index (χ1v) is 4.34. The molecule has 4 heteroatoms. The molecule has 0 aromatic rings. The summed E-state index contributed by atoms with van der Waals surface area (Å²) >= 11 is 0. The highest BCUT2D eigenvalue weighted by Gasteiger charge is 2.16. The number of fused-ring (bicyclic) bond motifs is 1. The van der Waals surface area contributed by atoms with Crippen LogP contribution in [0.25, 0.3) is 0 Å². The number of carboxylic acids is 1. The third kappa shape index (κ3) is 1.46. The van der Waals surface area contributed by atoms with E-state index in [9.17, 15) is 4.79 Å². The summed E-state index contributed by atoms with van der Waals surface area (Å²) in [6, 6.07) is 0. The lowest BCUT2D eigenvalue weighted by atomic mass is 10.1. The van der Waals surface area contributed by atoms with Crippen molar-refractivity contribution in [2.75, 3.05) is 0 Å². The van der Waals surface area contributed by atoms with Gasteiger partial charge in [-0.05, 0) is 12.0 Å². The second kappa shape index (κ2) is 3.14. The van der Waals surface area contributed by atoms with Gasteiger partial charge in [0, 0.05) is 11.9 Å². The van der Waals surface area contributed by atoms with Crippen LogP contribution in [0.1, 0.15) is 6.92 Å². The number of allylic oxidation sites excluding steroid dienone is 3. The summed E-state index contributed by atoms with van der Waals surface area (Å²) in [6.45, 7) is 2.04. The van der Waals surface area contributed by atoms with Crippen LogP contribution in [0.5, 0.6) is 0 Å². The van der Waals surface area contributed by atoms with Gasteiger partial charge in [-0.2, -0.15) is 0 Å². The Bertz CT molecular complexity index is 391. The molecule has 0 spiro atoms. The van der Waals surface area contributed by atoms with E-state index < -0.39 is 5.97 Å². The van der Waals surface area contributed by atoms with E-state index >= 15 is 0 Å². The average Bonchev–Trinajstić information content (AvgIpc) is 2.16. The standard InChI is InChI=1S/C10H10N2O2/c1-7-2-3-12-6-11-9(10(13)14)5-8(12)4-7/h2-7H,1H3,(H,13,14). The minimum absolute atomic E-state index is 0.0787. The summed E-state index contributed by atoms with van der Waals surface area (Å²) in [7, 11) is 0. The van der Waals surface area contributed by atoms with E-state index in [2.05, 4.69) is 4.99 Å². The number of aliphatic carboxylic acids is 1. The molecular formula is C10H10N2O2. The molecule has 2 rings (SSSR count). The van der Waals surface area contributed by atoms with Crippen LogP contribution in [0, 0.1) is 5.92 Å². The highest BCUT2D eigenvalue weighted by molar-refractivity contribution is 5.90. The van der Waals surface area contributed by atoms with Gasteiger partial charge in [-0.3, -0.25) is 0 Å². The van der Waals surface area contributed by atoms with Crippen molar-refractivity contribution in [1.29, 1.82) is 0 Å². The van der Waals surface area contributed by atoms with Gasteiger partial charge in [0.1, 0.15) is 6.34 Å². The van der Waals surface area contributed by atoms with Crippen molar-refractivity contribution in [3.63, 3.8) is 0 Å². The van der Waals surface area contributed by atoms with E-state index in [1.807, 2.05) is 25.3 Å². The fourth-order valence-electron chi connectivity index (χ4n) is 1.37. The second-order valence-corrected chi connectivity index (χ2v) is 3.28. The van der Waals surface area contributed by atoms with E-state index in [0.717, 1.165) is 5.70 Å². The molecule has 0 amide bonds. The zero-order valence-electron chi connectivity index (χ0n) is 7.71. The molecule has 0 saturated heterocycles. The monoisotopic (exact) mass is 190 g/mol. The van der Waals surface area contributed by atoms with Gasteiger partial charge in [-0.1, -0.05) is 19.1 Å². The number of carbonyl (C=O) groups is 1. The topological polar surface area (TPSA) is 52.9 Å². The molecule has 1 N–H and O–H groups in total. The molecule has 0 bridgehead atoms. The summed E-state index contributed by atoms with van der Waals surface area (Å²) in [5, 5.41) is 8.75. The fourth-order valence-corrected chi connectivity index (χ4v) is 1.37. The highest BCUT2D eigenvalue weighted by Crippen LogP contribution is 2.21. The summed E-state index contributed by atoms with van der Waals surface area (Å²) in [6.07, 6.45) is 8.99. The zero-order chi connectivity index (χ0) is 10.1. The molecule has 2 aliphatic heterocycles. The quantitative estimate of drug-likeness (QED) is 0.679.